The Morgan fingerprint density at radius 1 is 0.786 bits per heavy atom. The fourth-order valence-corrected chi connectivity index (χ4v) is 9.66. The highest BCUT2D eigenvalue weighted by Gasteiger charge is 2.41. The molecule has 1 saturated heterocycles. The van der Waals surface area contributed by atoms with Crippen LogP contribution in [0.25, 0.3) is 11.3 Å². The van der Waals surface area contributed by atoms with E-state index in [1.165, 1.54) is 22.9 Å². The van der Waals surface area contributed by atoms with Gasteiger partial charge in [0.25, 0.3) is 0 Å². The number of hydrogen-bond acceptors (Lipinski definition) is 16. The number of carboxylic acid groups (broad SMARTS) is 1. The van der Waals surface area contributed by atoms with Crippen molar-refractivity contribution in [3.8, 4) is 11.3 Å². The van der Waals surface area contributed by atoms with Crippen LogP contribution < -0.4 is 26.6 Å². The molecule has 0 spiro atoms. The van der Waals surface area contributed by atoms with Crippen molar-refractivity contribution < 1.29 is 81.0 Å². The Morgan fingerprint density at radius 2 is 1.40 bits per heavy atom. The van der Waals surface area contributed by atoms with Gasteiger partial charge in [-0.15, -0.1) is 11.8 Å². The maximum Gasteiger partial charge on any atom is 0.407 e. The Labute approximate surface area is 493 Å². The summed E-state index contributed by atoms with van der Waals surface area (Å²) in [6.45, 7) is 12.4. The van der Waals surface area contributed by atoms with E-state index in [0.29, 0.717) is 51.9 Å². The minimum absolute atomic E-state index is 0.0743. The van der Waals surface area contributed by atoms with Crippen LogP contribution in [-0.4, -0.2) is 199 Å². The third-order valence-corrected chi connectivity index (χ3v) is 13.7. The van der Waals surface area contributed by atoms with Crippen LogP contribution in [0.15, 0.2) is 54.7 Å². The molecule has 1 aromatic heterocycles. The summed E-state index contributed by atoms with van der Waals surface area (Å²) in [6.07, 6.45) is 1.81. The van der Waals surface area contributed by atoms with Gasteiger partial charge in [-0.3, -0.25) is 33.7 Å². The number of aliphatic hydroxyl groups is 1. The van der Waals surface area contributed by atoms with Gasteiger partial charge in [-0.1, -0.05) is 51.1 Å². The lowest BCUT2D eigenvalue weighted by Crippen LogP contribution is -2.51. The standard InChI is InChI=1S/C57H83F2N9O15S/c1-56(2,3)50(51-64-44(41-33-40(58)15-16-42(41)59)36-66(51)35-39-13-9-7-10-14-39)67(49(73)38-69)23-17-43(65-54(76)77)52(74)62-22-21-61-47(71)37-68-48(72)34-45(53(68)75)84-32-31-82-30-29-81-28-27-80-26-25-79-24-18-46(70)60-19-11-8-12-20-63-55(78)83-57(4,5)6/h7,9-10,13-16,33,36,43,45,50,65,69H,8,11-12,17-32,34-35,37-38H2,1-6H3,(H,60,70)(H,61,71)(H,62,74)(H,63,78)(H,76,77)/t43-,45?,50-/m0/s1. The molecule has 0 bridgehead atoms. The normalized spacial score (nSPS) is 14.2. The number of rotatable bonds is 38. The minimum Gasteiger partial charge on any atom is -0.465 e. The smallest absolute Gasteiger partial charge is 0.407 e. The number of amides is 8. The molecule has 27 heteroatoms. The second-order valence-corrected chi connectivity index (χ2v) is 22.9. The topological polar surface area (TPSA) is 308 Å². The van der Waals surface area contributed by atoms with Crippen LogP contribution in [-0.2, 0) is 59.0 Å². The first-order chi connectivity index (χ1) is 40.0. The zero-order chi connectivity index (χ0) is 61.7. The number of ether oxygens (including phenoxy) is 5. The number of hydrogen-bond donors (Lipinski definition) is 7. The molecule has 3 aromatic rings. The number of likely N-dealkylation sites (tertiary alicyclic amines) is 1. The van der Waals surface area contributed by atoms with Crippen molar-refractivity contribution in [1.82, 2.24) is 45.9 Å². The highest BCUT2D eigenvalue weighted by molar-refractivity contribution is 8.00. The third kappa shape index (κ3) is 25.6. The Balaban J connectivity index is 1.11. The summed E-state index contributed by atoms with van der Waals surface area (Å²) < 4.78 is 58.5. The van der Waals surface area contributed by atoms with Gasteiger partial charge in [-0.2, -0.15) is 0 Å². The number of aromatic nitrogens is 2. The van der Waals surface area contributed by atoms with Crippen molar-refractivity contribution in [2.75, 3.05) is 104 Å². The Hall–Kier alpha value is -6.78. The van der Waals surface area contributed by atoms with E-state index in [9.17, 15) is 53.0 Å². The number of nitrogens with one attached hydrogen (secondary N) is 5. The van der Waals surface area contributed by atoms with E-state index in [0.717, 1.165) is 47.9 Å². The number of imidazole rings is 1. The predicted molar refractivity (Wildman–Crippen MR) is 306 cm³/mol. The SMILES string of the molecule is CC(C)(C)OC(=O)NCCCCCNC(=O)CCOCCOCCOCCOCCSC1CC(=O)N(CC(=O)NCCNC(=O)[C@H](CCN(C(=O)CO)[C@@H](c2nc(-c3cc(F)ccc3F)cn2Cc2ccccc2)C(C)(C)C)NC(=O)O)C1=O. The molecular formula is C57H83F2N9O15S. The molecule has 2 heterocycles. The summed E-state index contributed by atoms with van der Waals surface area (Å²) in [5.41, 5.74) is -0.625. The van der Waals surface area contributed by atoms with Crippen molar-refractivity contribution in [2.24, 2.45) is 5.41 Å². The molecule has 0 radical (unpaired) electrons. The van der Waals surface area contributed by atoms with Crippen LogP contribution in [0.3, 0.4) is 0 Å². The zero-order valence-corrected chi connectivity index (χ0v) is 49.7. The number of imide groups is 1. The van der Waals surface area contributed by atoms with Gasteiger partial charge in [0.05, 0.1) is 69.8 Å². The molecule has 466 valence electrons. The number of alkyl carbamates (subject to hydrolysis) is 1. The summed E-state index contributed by atoms with van der Waals surface area (Å²) in [4.78, 5) is 108. The highest BCUT2D eigenvalue weighted by atomic mass is 32.2. The molecule has 3 atom stereocenters. The van der Waals surface area contributed by atoms with E-state index in [1.54, 1.807) is 46.1 Å². The van der Waals surface area contributed by atoms with Gasteiger partial charge in [0.1, 0.15) is 42.3 Å². The van der Waals surface area contributed by atoms with Crippen molar-refractivity contribution in [1.29, 1.82) is 0 Å². The molecule has 1 aliphatic rings. The van der Waals surface area contributed by atoms with E-state index in [2.05, 4.69) is 26.6 Å². The molecule has 84 heavy (non-hydrogen) atoms. The number of carbonyl (C=O) groups is 8. The molecule has 1 unspecified atom stereocenters. The number of nitrogens with zero attached hydrogens (tertiary/aromatic N) is 4. The second kappa shape index (κ2) is 36.2. The van der Waals surface area contributed by atoms with Crippen molar-refractivity contribution in [3.05, 3.63) is 77.8 Å². The summed E-state index contributed by atoms with van der Waals surface area (Å²) in [5, 5.41) is 32.0. The lowest BCUT2D eigenvalue weighted by atomic mass is 9.84. The lowest BCUT2D eigenvalue weighted by Gasteiger charge is -2.40. The fraction of sp³-hybridized carbons (Fsp3) is 0.596. The summed E-state index contributed by atoms with van der Waals surface area (Å²) in [7, 11) is 0. The average molecular weight is 1200 g/mol. The quantitative estimate of drug-likeness (QED) is 0.0313. The Morgan fingerprint density at radius 3 is 2.04 bits per heavy atom. The van der Waals surface area contributed by atoms with Crippen LogP contribution in [0.2, 0.25) is 0 Å². The number of benzene rings is 2. The van der Waals surface area contributed by atoms with Crippen molar-refractivity contribution >= 4 is 59.4 Å². The van der Waals surface area contributed by atoms with E-state index in [-0.39, 0.29) is 88.3 Å². The van der Waals surface area contributed by atoms with Gasteiger partial charge in [-0.25, -0.2) is 23.4 Å². The third-order valence-electron chi connectivity index (χ3n) is 12.5. The van der Waals surface area contributed by atoms with Crippen LogP contribution >= 0.6 is 11.8 Å². The Bertz CT molecular complexity index is 2600. The molecule has 1 fully saturated rings. The lowest BCUT2D eigenvalue weighted by molar-refractivity contribution is -0.142. The van der Waals surface area contributed by atoms with Gasteiger partial charge in [-0.05, 0) is 75.6 Å². The number of aliphatic hydroxyl groups excluding tert-OH is 1. The molecule has 7 N–H and O–H groups in total. The maximum atomic E-state index is 15.2. The first kappa shape index (κ1) is 69.7. The average Bonchev–Trinajstić information content (AvgIpc) is 2.10. The molecule has 24 nitrogen and oxygen atoms in total. The first-order valence-corrected chi connectivity index (χ1v) is 29.0. The van der Waals surface area contributed by atoms with Gasteiger partial charge in [0, 0.05) is 69.6 Å². The molecule has 1 aliphatic heterocycles. The largest absolute Gasteiger partial charge is 0.465 e. The van der Waals surface area contributed by atoms with Crippen molar-refractivity contribution in [2.45, 2.75) is 110 Å². The van der Waals surface area contributed by atoms with E-state index >= 15 is 4.39 Å². The Kier molecular flexibility index (Phi) is 30.0. The monoisotopic (exact) mass is 1200 g/mol. The highest BCUT2D eigenvalue weighted by Crippen LogP contribution is 2.40. The first-order valence-electron chi connectivity index (χ1n) is 28.0. The molecule has 4 rings (SSSR count). The summed E-state index contributed by atoms with van der Waals surface area (Å²) in [6, 6.07) is 9.73. The molecule has 8 amide bonds. The summed E-state index contributed by atoms with van der Waals surface area (Å²) in [5.74, 6) is -4.20. The summed E-state index contributed by atoms with van der Waals surface area (Å²) >= 11 is 1.23. The van der Waals surface area contributed by atoms with Gasteiger partial charge in [0.15, 0.2) is 0 Å². The number of carbonyl (C=O) groups excluding carboxylic acids is 7. The molecule has 0 saturated carbocycles. The molecule has 2 aromatic carbocycles. The van der Waals surface area contributed by atoms with E-state index in [1.807, 2.05) is 30.3 Å². The van der Waals surface area contributed by atoms with E-state index in [4.69, 9.17) is 28.7 Å². The number of unbranched alkanes of at least 4 members (excludes halogenated alkanes) is 2. The number of thioether (sulfide) groups is 1. The molecular weight excluding hydrogens is 1120 g/mol. The number of halogens is 2. The molecule has 0 aliphatic carbocycles. The van der Waals surface area contributed by atoms with E-state index < -0.39 is 94.9 Å². The fourth-order valence-electron chi connectivity index (χ4n) is 8.63. The predicted octanol–water partition coefficient (Wildman–Crippen LogP) is 4.17. The van der Waals surface area contributed by atoms with Crippen LogP contribution in [0, 0.1) is 17.0 Å². The van der Waals surface area contributed by atoms with Crippen LogP contribution in [0.1, 0.15) is 97.5 Å². The second-order valence-electron chi connectivity index (χ2n) is 21.6. The van der Waals surface area contributed by atoms with Gasteiger partial charge < -0.3 is 69.9 Å². The van der Waals surface area contributed by atoms with Crippen LogP contribution in [0.4, 0.5) is 18.4 Å². The van der Waals surface area contributed by atoms with Gasteiger partial charge in [0.2, 0.25) is 35.4 Å². The minimum atomic E-state index is -1.55. The van der Waals surface area contributed by atoms with Gasteiger partial charge >= 0.3 is 12.2 Å². The zero-order valence-electron chi connectivity index (χ0n) is 48.8. The maximum absolute atomic E-state index is 15.2. The van der Waals surface area contributed by atoms with Crippen LogP contribution in [0.5, 0.6) is 0 Å². The van der Waals surface area contributed by atoms with Crippen molar-refractivity contribution in [3.63, 3.8) is 0 Å².